The second-order valence-corrected chi connectivity index (χ2v) is 6.88. The molecule has 0 saturated carbocycles. The van der Waals surface area contributed by atoms with Gasteiger partial charge in [-0.2, -0.15) is 5.10 Å². The zero-order valence-electron chi connectivity index (χ0n) is 15.4. The van der Waals surface area contributed by atoms with Gasteiger partial charge in [-0.3, -0.25) is 14.8 Å². The van der Waals surface area contributed by atoms with Crippen LogP contribution in [-0.4, -0.2) is 33.7 Å². The molecule has 1 aromatic carbocycles. The van der Waals surface area contributed by atoms with Gasteiger partial charge in [0.05, 0.1) is 12.2 Å². The van der Waals surface area contributed by atoms with E-state index in [4.69, 9.17) is 0 Å². The number of likely N-dealkylation sites (N-methyl/N-ethyl adjacent to an activating group) is 1. The molecule has 1 N–H and O–H groups in total. The van der Waals surface area contributed by atoms with Gasteiger partial charge in [0, 0.05) is 37.4 Å². The number of rotatable bonds is 6. The number of carbonyl (C=O) groups is 1. The molecule has 1 aromatic heterocycles. The molecule has 0 radical (unpaired) electrons. The van der Waals surface area contributed by atoms with Crippen LogP contribution in [0.4, 0.5) is 0 Å². The zero-order chi connectivity index (χ0) is 17.8. The van der Waals surface area contributed by atoms with Crippen LogP contribution in [0.2, 0.25) is 0 Å². The third kappa shape index (κ3) is 3.93. The Morgan fingerprint density at radius 1 is 1.40 bits per heavy atom. The van der Waals surface area contributed by atoms with Gasteiger partial charge in [-0.1, -0.05) is 30.3 Å². The number of carbonyl (C=O) groups excluding carboxylic acids is 1. The fourth-order valence-corrected chi connectivity index (χ4v) is 3.70. The smallest absolute Gasteiger partial charge is 0.239 e. The first-order valence-electron chi connectivity index (χ1n) is 9.19. The standard InChI is InChI=1S/C20H28N4O/c1-4-24-19-12-8-11-18(17(19)13-21-24)22-15(2)20(25)23(3)14-16-9-6-5-7-10-16/h5-7,9-10,13,15,18,22H,4,8,11-12,14H2,1-3H3/t15-,18-/m0/s1. The lowest BCUT2D eigenvalue weighted by molar-refractivity contribution is -0.132. The maximum Gasteiger partial charge on any atom is 0.239 e. The number of hydrogen-bond acceptors (Lipinski definition) is 3. The number of aryl methyl sites for hydroxylation is 1. The summed E-state index contributed by atoms with van der Waals surface area (Å²) < 4.78 is 2.08. The summed E-state index contributed by atoms with van der Waals surface area (Å²) in [6.45, 7) is 5.61. The van der Waals surface area contributed by atoms with E-state index in [2.05, 4.69) is 34.2 Å². The van der Waals surface area contributed by atoms with Gasteiger partial charge < -0.3 is 4.90 Å². The molecule has 3 rings (SSSR count). The summed E-state index contributed by atoms with van der Waals surface area (Å²) in [4.78, 5) is 14.5. The van der Waals surface area contributed by atoms with E-state index < -0.39 is 0 Å². The summed E-state index contributed by atoms with van der Waals surface area (Å²) in [5.74, 6) is 0.124. The number of benzene rings is 1. The van der Waals surface area contributed by atoms with Crippen LogP contribution in [0.25, 0.3) is 0 Å². The van der Waals surface area contributed by atoms with E-state index in [1.807, 2.05) is 38.4 Å². The van der Waals surface area contributed by atoms with E-state index in [1.165, 1.54) is 11.3 Å². The molecule has 25 heavy (non-hydrogen) atoms. The molecule has 1 aliphatic rings. The van der Waals surface area contributed by atoms with Gasteiger partial charge in [0.1, 0.15) is 0 Å². The van der Waals surface area contributed by atoms with E-state index in [0.717, 1.165) is 31.4 Å². The number of fused-ring (bicyclic) bond motifs is 1. The van der Waals surface area contributed by atoms with Gasteiger partial charge in [-0.15, -0.1) is 0 Å². The Labute approximate surface area is 150 Å². The molecule has 5 heteroatoms. The Morgan fingerprint density at radius 3 is 2.88 bits per heavy atom. The highest BCUT2D eigenvalue weighted by molar-refractivity contribution is 5.81. The van der Waals surface area contributed by atoms with Gasteiger partial charge in [0.25, 0.3) is 0 Å². The van der Waals surface area contributed by atoms with Crippen molar-refractivity contribution < 1.29 is 4.79 Å². The largest absolute Gasteiger partial charge is 0.340 e. The summed E-state index contributed by atoms with van der Waals surface area (Å²) in [7, 11) is 1.87. The van der Waals surface area contributed by atoms with Crippen LogP contribution in [0, 0.1) is 0 Å². The Bertz CT molecular complexity index is 710. The van der Waals surface area contributed by atoms with Crippen LogP contribution in [0.1, 0.15) is 49.6 Å². The molecular formula is C20H28N4O. The van der Waals surface area contributed by atoms with Crippen molar-refractivity contribution in [2.24, 2.45) is 0 Å². The summed E-state index contributed by atoms with van der Waals surface area (Å²) in [6, 6.07) is 10.1. The monoisotopic (exact) mass is 340 g/mol. The molecule has 134 valence electrons. The number of nitrogens with zero attached hydrogens (tertiary/aromatic N) is 3. The molecule has 0 saturated heterocycles. The van der Waals surface area contributed by atoms with Crippen molar-refractivity contribution in [1.82, 2.24) is 20.0 Å². The van der Waals surface area contributed by atoms with Crippen LogP contribution in [0.5, 0.6) is 0 Å². The second kappa shape index (κ2) is 7.83. The molecule has 1 heterocycles. The average Bonchev–Trinajstić information content (AvgIpc) is 3.06. The molecule has 0 aliphatic heterocycles. The van der Waals surface area contributed by atoms with Gasteiger partial charge in [-0.05, 0) is 38.7 Å². The lowest BCUT2D eigenvalue weighted by Crippen LogP contribution is -2.44. The lowest BCUT2D eigenvalue weighted by atomic mass is 9.92. The zero-order valence-corrected chi connectivity index (χ0v) is 15.4. The minimum atomic E-state index is -0.213. The van der Waals surface area contributed by atoms with E-state index in [1.54, 1.807) is 4.90 Å². The van der Waals surface area contributed by atoms with Crippen molar-refractivity contribution >= 4 is 5.91 Å². The topological polar surface area (TPSA) is 50.2 Å². The number of hydrogen-bond donors (Lipinski definition) is 1. The third-order valence-corrected chi connectivity index (χ3v) is 5.02. The second-order valence-electron chi connectivity index (χ2n) is 6.88. The summed E-state index contributed by atoms with van der Waals surface area (Å²) in [6.07, 6.45) is 5.25. The predicted octanol–water partition coefficient (Wildman–Crippen LogP) is 2.92. The Morgan fingerprint density at radius 2 is 2.16 bits per heavy atom. The number of nitrogens with one attached hydrogen (secondary N) is 1. The molecule has 1 aliphatic carbocycles. The highest BCUT2D eigenvalue weighted by atomic mass is 16.2. The summed E-state index contributed by atoms with van der Waals surface area (Å²) >= 11 is 0. The van der Waals surface area contributed by atoms with Crippen molar-refractivity contribution in [2.75, 3.05) is 7.05 Å². The fourth-order valence-electron chi connectivity index (χ4n) is 3.70. The molecule has 0 fully saturated rings. The quantitative estimate of drug-likeness (QED) is 0.880. The maximum atomic E-state index is 12.7. The van der Waals surface area contributed by atoms with E-state index in [9.17, 15) is 4.79 Å². The Balaban J connectivity index is 1.63. The molecule has 1 amide bonds. The van der Waals surface area contributed by atoms with Gasteiger partial charge in [0.15, 0.2) is 0 Å². The summed E-state index contributed by atoms with van der Waals surface area (Å²) in [5.41, 5.74) is 3.73. The van der Waals surface area contributed by atoms with Gasteiger partial charge in [-0.25, -0.2) is 0 Å². The van der Waals surface area contributed by atoms with Crippen LogP contribution >= 0.6 is 0 Å². The minimum absolute atomic E-state index is 0.124. The van der Waals surface area contributed by atoms with E-state index >= 15 is 0 Å². The van der Waals surface area contributed by atoms with Gasteiger partial charge in [0.2, 0.25) is 5.91 Å². The average molecular weight is 340 g/mol. The third-order valence-electron chi connectivity index (χ3n) is 5.02. The highest BCUT2D eigenvalue weighted by Crippen LogP contribution is 2.30. The first kappa shape index (κ1) is 17.7. The normalized spacial score (nSPS) is 17.8. The van der Waals surface area contributed by atoms with Crippen LogP contribution in [0.15, 0.2) is 36.5 Å². The first-order valence-corrected chi connectivity index (χ1v) is 9.19. The molecule has 0 unspecified atom stereocenters. The first-order chi connectivity index (χ1) is 12.1. The maximum absolute atomic E-state index is 12.7. The summed E-state index contributed by atoms with van der Waals surface area (Å²) in [5, 5.41) is 8.03. The van der Waals surface area contributed by atoms with Gasteiger partial charge >= 0.3 is 0 Å². The van der Waals surface area contributed by atoms with E-state index in [-0.39, 0.29) is 18.0 Å². The van der Waals surface area contributed by atoms with Crippen molar-refractivity contribution in [3.8, 4) is 0 Å². The van der Waals surface area contributed by atoms with Crippen molar-refractivity contribution in [3.63, 3.8) is 0 Å². The Kier molecular flexibility index (Phi) is 5.53. The molecule has 2 atom stereocenters. The molecule has 2 aromatic rings. The molecule has 5 nitrogen and oxygen atoms in total. The SMILES string of the molecule is CCn1ncc2c1CCC[C@@H]2N[C@@H](C)C(=O)N(C)Cc1ccccc1. The van der Waals surface area contributed by atoms with Crippen LogP contribution < -0.4 is 5.32 Å². The van der Waals surface area contributed by atoms with E-state index in [0.29, 0.717) is 6.54 Å². The van der Waals surface area contributed by atoms with Crippen LogP contribution in [0.3, 0.4) is 0 Å². The lowest BCUT2D eigenvalue weighted by Gasteiger charge is -2.29. The molecule has 0 spiro atoms. The number of aromatic nitrogens is 2. The van der Waals surface area contributed by atoms with Crippen molar-refractivity contribution in [2.45, 2.75) is 58.3 Å². The highest BCUT2D eigenvalue weighted by Gasteiger charge is 2.27. The molecular weight excluding hydrogens is 312 g/mol. The minimum Gasteiger partial charge on any atom is -0.340 e. The fraction of sp³-hybridized carbons (Fsp3) is 0.500. The van der Waals surface area contributed by atoms with Crippen molar-refractivity contribution in [3.05, 3.63) is 53.3 Å². The Hall–Kier alpha value is -2.14. The predicted molar refractivity (Wildman–Crippen MR) is 99.1 cm³/mol. The number of amides is 1. The molecule has 0 bridgehead atoms. The van der Waals surface area contributed by atoms with Crippen LogP contribution in [-0.2, 0) is 24.3 Å². The van der Waals surface area contributed by atoms with Crippen molar-refractivity contribution in [1.29, 1.82) is 0 Å².